The Morgan fingerprint density at radius 2 is 1.76 bits per heavy atom. The Morgan fingerprint density at radius 3 is 2.27 bits per heavy atom. The Kier molecular flexibility index (Phi) is 9.04. The topological polar surface area (TPSA) is 86.8 Å². The van der Waals surface area contributed by atoms with Gasteiger partial charge in [-0.3, -0.25) is 13.9 Å². The van der Waals surface area contributed by atoms with E-state index in [1.807, 2.05) is 0 Å². The Hall–Kier alpha value is -2.43. The number of carbonyl (C=O) groups excluding carboxylic acids is 2. The van der Waals surface area contributed by atoms with E-state index in [2.05, 4.69) is 5.32 Å². The highest BCUT2D eigenvalue weighted by Crippen LogP contribution is 2.25. The van der Waals surface area contributed by atoms with Crippen LogP contribution in [0.5, 0.6) is 0 Å². The Balaban J connectivity index is 2.48. The van der Waals surface area contributed by atoms with Gasteiger partial charge in [0.25, 0.3) is 0 Å². The van der Waals surface area contributed by atoms with Crippen molar-refractivity contribution in [1.29, 1.82) is 0 Å². The van der Waals surface area contributed by atoms with Gasteiger partial charge in [0.2, 0.25) is 21.8 Å². The predicted molar refractivity (Wildman–Crippen MR) is 124 cm³/mol. The minimum absolute atomic E-state index is 0.115. The molecule has 0 saturated heterocycles. The van der Waals surface area contributed by atoms with Crippen molar-refractivity contribution in [3.63, 3.8) is 0 Å². The molecule has 0 unspecified atom stereocenters. The lowest BCUT2D eigenvalue weighted by Crippen LogP contribution is -2.51. The lowest BCUT2D eigenvalue weighted by Gasteiger charge is -2.32. The van der Waals surface area contributed by atoms with Crippen molar-refractivity contribution < 1.29 is 26.8 Å². The van der Waals surface area contributed by atoms with Crippen LogP contribution in [-0.2, 0) is 26.2 Å². The zero-order chi connectivity index (χ0) is 24.9. The first-order valence-corrected chi connectivity index (χ1v) is 12.4. The molecular formula is C21H23Cl2F2N3O4S. The van der Waals surface area contributed by atoms with Gasteiger partial charge in [0.15, 0.2) is 11.6 Å². The standard InChI is InChI=1S/C21H23Cl2F2N3O4S/c1-4-19(21(30)26-2)27(11-13-5-6-14(22)9-16(13)23)20(29)12-28(33(3,31)32)15-7-8-17(24)18(25)10-15/h5-10,19H,4,11-12H2,1-3H3,(H,26,30)/t19-/m1/s1. The third kappa shape index (κ3) is 6.78. The van der Waals surface area contributed by atoms with Crippen LogP contribution in [-0.4, -0.2) is 51.0 Å². The van der Waals surface area contributed by atoms with Crippen molar-refractivity contribution in [2.75, 3.05) is 24.2 Å². The summed E-state index contributed by atoms with van der Waals surface area (Å²) >= 11 is 12.2. The van der Waals surface area contributed by atoms with E-state index in [0.29, 0.717) is 21.0 Å². The lowest BCUT2D eigenvalue weighted by molar-refractivity contribution is -0.140. The maximum atomic E-state index is 13.8. The zero-order valence-electron chi connectivity index (χ0n) is 18.1. The van der Waals surface area contributed by atoms with Crippen LogP contribution < -0.4 is 9.62 Å². The minimum atomic E-state index is -4.07. The van der Waals surface area contributed by atoms with Crippen molar-refractivity contribution in [3.8, 4) is 0 Å². The normalized spacial score (nSPS) is 12.2. The molecule has 180 valence electrons. The molecule has 0 fully saturated rings. The maximum absolute atomic E-state index is 13.8. The molecule has 1 N–H and O–H groups in total. The summed E-state index contributed by atoms with van der Waals surface area (Å²) in [6, 6.07) is 6.18. The molecule has 33 heavy (non-hydrogen) atoms. The largest absolute Gasteiger partial charge is 0.357 e. The van der Waals surface area contributed by atoms with E-state index in [1.165, 1.54) is 18.0 Å². The van der Waals surface area contributed by atoms with Gasteiger partial charge in [-0.05, 0) is 36.2 Å². The van der Waals surface area contributed by atoms with Gasteiger partial charge in [-0.15, -0.1) is 0 Å². The van der Waals surface area contributed by atoms with Gasteiger partial charge in [0.05, 0.1) is 11.9 Å². The number of nitrogens with zero attached hydrogens (tertiary/aromatic N) is 2. The maximum Gasteiger partial charge on any atom is 0.244 e. The van der Waals surface area contributed by atoms with Crippen molar-refractivity contribution >= 4 is 50.7 Å². The summed E-state index contributed by atoms with van der Waals surface area (Å²) in [6.07, 6.45) is 1.05. The first kappa shape index (κ1) is 26.8. The summed E-state index contributed by atoms with van der Waals surface area (Å²) < 4.78 is 52.5. The van der Waals surface area contributed by atoms with Crippen molar-refractivity contribution in [2.45, 2.75) is 25.9 Å². The first-order chi connectivity index (χ1) is 15.4. The lowest BCUT2D eigenvalue weighted by atomic mass is 10.1. The number of anilines is 1. The molecule has 0 radical (unpaired) electrons. The summed E-state index contributed by atoms with van der Waals surface area (Å²) in [5, 5.41) is 3.11. The quantitative estimate of drug-likeness (QED) is 0.546. The molecule has 2 aromatic rings. The summed E-state index contributed by atoms with van der Waals surface area (Å²) in [4.78, 5) is 27.0. The van der Waals surface area contributed by atoms with E-state index in [0.717, 1.165) is 18.4 Å². The average molecular weight is 522 g/mol. The van der Waals surface area contributed by atoms with Crippen LogP contribution >= 0.6 is 23.2 Å². The fraction of sp³-hybridized carbons (Fsp3) is 0.333. The van der Waals surface area contributed by atoms with Gasteiger partial charge < -0.3 is 10.2 Å². The van der Waals surface area contributed by atoms with Gasteiger partial charge >= 0.3 is 0 Å². The number of carbonyl (C=O) groups is 2. The monoisotopic (exact) mass is 521 g/mol. The van der Waals surface area contributed by atoms with Gasteiger partial charge in [0.1, 0.15) is 12.6 Å². The van der Waals surface area contributed by atoms with E-state index in [9.17, 15) is 26.8 Å². The van der Waals surface area contributed by atoms with Crippen LogP contribution in [0, 0.1) is 11.6 Å². The summed E-state index contributed by atoms with van der Waals surface area (Å²) in [6.45, 7) is 0.825. The van der Waals surface area contributed by atoms with Crippen LogP contribution in [0.3, 0.4) is 0 Å². The van der Waals surface area contributed by atoms with Gasteiger partial charge in [0, 0.05) is 29.7 Å². The molecule has 0 bridgehead atoms. The molecule has 2 aromatic carbocycles. The van der Waals surface area contributed by atoms with Crippen LogP contribution in [0.25, 0.3) is 0 Å². The number of amides is 2. The highest BCUT2D eigenvalue weighted by molar-refractivity contribution is 7.92. The van der Waals surface area contributed by atoms with Crippen LogP contribution in [0.2, 0.25) is 10.0 Å². The number of benzene rings is 2. The van der Waals surface area contributed by atoms with Crippen LogP contribution in [0.15, 0.2) is 36.4 Å². The second-order valence-electron chi connectivity index (χ2n) is 7.16. The van der Waals surface area contributed by atoms with Crippen molar-refractivity contribution in [1.82, 2.24) is 10.2 Å². The molecule has 0 saturated carbocycles. The molecule has 2 amide bonds. The fourth-order valence-corrected chi connectivity index (χ4v) is 4.48. The summed E-state index contributed by atoms with van der Waals surface area (Å²) in [5.74, 6) is -3.64. The number of nitrogens with one attached hydrogen (secondary N) is 1. The van der Waals surface area contributed by atoms with E-state index in [4.69, 9.17) is 23.2 Å². The van der Waals surface area contributed by atoms with Crippen molar-refractivity contribution in [2.24, 2.45) is 0 Å². The zero-order valence-corrected chi connectivity index (χ0v) is 20.4. The molecule has 0 aliphatic carbocycles. The van der Waals surface area contributed by atoms with Gasteiger partial charge in [-0.1, -0.05) is 36.2 Å². The highest BCUT2D eigenvalue weighted by atomic mass is 35.5. The van der Waals surface area contributed by atoms with E-state index in [-0.39, 0.29) is 23.7 Å². The van der Waals surface area contributed by atoms with E-state index in [1.54, 1.807) is 19.1 Å². The van der Waals surface area contributed by atoms with E-state index < -0.39 is 46.1 Å². The van der Waals surface area contributed by atoms with Crippen LogP contribution in [0.1, 0.15) is 18.9 Å². The number of sulfonamides is 1. The number of hydrogen-bond acceptors (Lipinski definition) is 4. The molecular weight excluding hydrogens is 499 g/mol. The molecule has 12 heteroatoms. The second kappa shape index (κ2) is 11.1. The SMILES string of the molecule is CC[C@H](C(=O)NC)N(Cc1ccc(Cl)cc1Cl)C(=O)CN(c1ccc(F)c(F)c1)S(C)(=O)=O. The molecule has 1 atom stereocenters. The van der Waals surface area contributed by atoms with Gasteiger partial charge in [-0.2, -0.15) is 0 Å². The van der Waals surface area contributed by atoms with Gasteiger partial charge in [-0.25, -0.2) is 17.2 Å². The Bertz CT molecular complexity index is 1150. The Labute approximate surface area is 201 Å². The molecule has 7 nitrogen and oxygen atoms in total. The van der Waals surface area contributed by atoms with E-state index >= 15 is 0 Å². The highest BCUT2D eigenvalue weighted by Gasteiger charge is 2.32. The van der Waals surface area contributed by atoms with Crippen molar-refractivity contribution in [3.05, 3.63) is 63.6 Å². The van der Waals surface area contributed by atoms with Crippen LogP contribution in [0.4, 0.5) is 14.5 Å². The average Bonchev–Trinajstić information content (AvgIpc) is 2.74. The Morgan fingerprint density at radius 1 is 1.09 bits per heavy atom. The molecule has 0 spiro atoms. The molecule has 0 aliphatic rings. The molecule has 0 aromatic heterocycles. The number of hydrogen-bond donors (Lipinski definition) is 1. The molecule has 0 aliphatic heterocycles. The molecule has 2 rings (SSSR count). The number of likely N-dealkylation sites (N-methyl/N-ethyl adjacent to an activating group) is 1. The summed E-state index contributed by atoms with van der Waals surface area (Å²) in [5.41, 5.74) is 0.248. The third-order valence-electron chi connectivity index (χ3n) is 4.86. The minimum Gasteiger partial charge on any atom is -0.357 e. The smallest absolute Gasteiger partial charge is 0.244 e. The third-order valence-corrected chi connectivity index (χ3v) is 6.59. The fourth-order valence-electron chi connectivity index (χ4n) is 3.17. The number of rotatable bonds is 9. The molecule has 0 heterocycles. The first-order valence-electron chi connectivity index (χ1n) is 9.76. The predicted octanol–water partition coefficient (Wildman–Crippen LogP) is 3.59. The number of halogens is 4. The second-order valence-corrected chi connectivity index (χ2v) is 9.91. The summed E-state index contributed by atoms with van der Waals surface area (Å²) in [7, 11) is -2.66.